The molecule has 8 nitrogen and oxygen atoms in total. The zero-order chi connectivity index (χ0) is 27.4. The van der Waals surface area contributed by atoms with Crippen LogP contribution in [-0.2, 0) is 20.9 Å². The van der Waals surface area contributed by atoms with Gasteiger partial charge in [0.25, 0.3) is 0 Å². The van der Waals surface area contributed by atoms with E-state index < -0.39 is 17.1 Å². The van der Waals surface area contributed by atoms with Gasteiger partial charge in [-0.1, -0.05) is 77.7 Å². The quantitative estimate of drug-likeness (QED) is 0.297. The van der Waals surface area contributed by atoms with E-state index in [0.29, 0.717) is 27.0 Å². The van der Waals surface area contributed by atoms with Crippen LogP contribution in [0, 0.1) is 5.92 Å². The normalized spacial score (nSPS) is 20.0. The van der Waals surface area contributed by atoms with E-state index in [1.165, 1.54) is 27.5 Å². The standard InChI is InChI=1S/C30H21N3O5S2/c34-22(31-20-13-6-9-17-8-4-5-12-19(17)20)16-32-29-26(40-30(32)37)23(21-14-7-15-38-21)24-25(39-29)28(36)33(27(24)35)18-10-2-1-3-11-18/h1-15,23-25H,16H2,(H,31,34)/t23-,24-,25+/m0/s1. The number of benzene rings is 3. The predicted molar refractivity (Wildman–Crippen MR) is 154 cm³/mol. The summed E-state index contributed by atoms with van der Waals surface area (Å²) >= 11 is 2.16. The van der Waals surface area contributed by atoms with Gasteiger partial charge in [-0.3, -0.25) is 23.7 Å². The molecule has 5 aromatic rings. The molecule has 0 radical (unpaired) electrons. The zero-order valence-corrected chi connectivity index (χ0v) is 22.5. The summed E-state index contributed by atoms with van der Waals surface area (Å²) in [6, 6.07) is 25.7. The highest BCUT2D eigenvalue weighted by molar-refractivity contribution is 8.00. The van der Waals surface area contributed by atoms with Gasteiger partial charge < -0.3 is 9.73 Å². The van der Waals surface area contributed by atoms with Gasteiger partial charge in [-0.05, 0) is 35.7 Å². The summed E-state index contributed by atoms with van der Waals surface area (Å²) in [5.74, 6) is -1.91. The molecule has 7 rings (SSSR count). The van der Waals surface area contributed by atoms with Crippen molar-refractivity contribution in [2.45, 2.75) is 22.7 Å². The number of hydrogen-bond donors (Lipinski definition) is 1. The van der Waals surface area contributed by atoms with Gasteiger partial charge in [0.05, 0.1) is 33.7 Å². The second-order valence-electron chi connectivity index (χ2n) is 9.60. The topological polar surface area (TPSA) is 102 Å². The van der Waals surface area contributed by atoms with Crippen LogP contribution < -0.4 is 15.1 Å². The number of para-hydroxylation sites is 1. The maximum absolute atomic E-state index is 13.8. The Labute approximate surface area is 236 Å². The summed E-state index contributed by atoms with van der Waals surface area (Å²) in [5.41, 5.74) is 1.15. The molecule has 0 saturated carbocycles. The van der Waals surface area contributed by atoms with E-state index in [4.69, 9.17) is 4.42 Å². The smallest absolute Gasteiger partial charge is 0.308 e. The summed E-state index contributed by atoms with van der Waals surface area (Å²) < 4.78 is 7.14. The minimum atomic E-state index is -0.767. The van der Waals surface area contributed by atoms with E-state index in [0.717, 1.165) is 22.1 Å². The number of hydrogen-bond acceptors (Lipinski definition) is 7. The Balaban J connectivity index is 1.26. The number of imide groups is 1. The number of furan rings is 1. The maximum Gasteiger partial charge on any atom is 0.308 e. The Morgan fingerprint density at radius 3 is 2.45 bits per heavy atom. The summed E-state index contributed by atoms with van der Waals surface area (Å²) in [4.78, 5) is 55.4. The molecule has 2 aromatic heterocycles. The summed E-state index contributed by atoms with van der Waals surface area (Å²) in [5, 5.41) is 4.56. The summed E-state index contributed by atoms with van der Waals surface area (Å²) in [6.07, 6.45) is 1.51. The molecule has 4 heterocycles. The monoisotopic (exact) mass is 567 g/mol. The molecule has 1 fully saturated rings. The van der Waals surface area contributed by atoms with Crippen molar-refractivity contribution in [3.05, 3.63) is 111 Å². The summed E-state index contributed by atoms with van der Waals surface area (Å²) in [6.45, 7) is -0.228. The third kappa shape index (κ3) is 3.90. The third-order valence-corrected chi connectivity index (χ3v) is 9.88. The number of aromatic nitrogens is 1. The molecule has 1 saturated heterocycles. The second-order valence-corrected chi connectivity index (χ2v) is 11.7. The molecule has 40 heavy (non-hydrogen) atoms. The lowest BCUT2D eigenvalue weighted by Crippen LogP contribution is -2.32. The molecular formula is C30H21N3O5S2. The number of thioether (sulfide) groups is 1. The molecule has 3 aromatic carbocycles. The highest BCUT2D eigenvalue weighted by Crippen LogP contribution is 2.53. The van der Waals surface area contributed by atoms with Crippen molar-refractivity contribution in [2.75, 3.05) is 10.2 Å². The molecule has 198 valence electrons. The Bertz CT molecular complexity index is 1840. The number of nitrogens with one attached hydrogen (secondary N) is 1. The lowest BCUT2D eigenvalue weighted by Gasteiger charge is -2.29. The number of rotatable bonds is 5. The largest absolute Gasteiger partial charge is 0.469 e. The number of amides is 3. The Kier molecular flexibility index (Phi) is 5.94. The number of anilines is 2. The van der Waals surface area contributed by atoms with Crippen LogP contribution >= 0.6 is 23.1 Å². The van der Waals surface area contributed by atoms with Crippen LogP contribution in [0.1, 0.15) is 16.6 Å². The first-order chi connectivity index (χ1) is 19.5. The number of carbonyl (C=O) groups is 3. The number of nitrogens with zero attached hydrogens (tertiary/aromatic N) is 2. The van der Waals surface area contributed by atoms with E-state index in [1.807, 2.05) is 48.5 Å². The van der Waals surface area contributed by atoms with Gasteiger partial charge in [-0.25, -0.2) is 4.90 Å². The Morgan fingerprint density at radius 2 is 1.65 bits per heavy atom. The first-order valence-corrected chi connectivity index (χ1v) is 14.3. The van der Waals surface area contributed by atoms with Crippen LogP contribution in [0.15, 0.2) is 105 Å². The van der Waals surface area contributed by atoms with Crippen molar-refractivity contribution in [1.29, 1.82) is 0 Å². The van der Waals surface area contributed by atoms with Crippen LogP contribution in [0.25, 0.3) is 10.8 Å². The first kappa shape index (κ1) is 24.6. The molecule has 2 aliphatic rings. The Hall–Kier alpha value is -4.41. The first-order valence-electron chi connectivity index (χ1n) is 12.7. The second kappa shape index (κ2) is 9.65. The lowest BCUT2D eigenvalue weighted by atomic mass is 9.87. The minimum absolute atomic E-state index is 0.228. The van der Waals surface area contributed by atoms with Gasteiger partial charge in [-0.15, -0.1) is 0 Å². The van der Waals surface area contributed by atoms with Crippen molar-refractivity contribution in [3.8, 4) is 0 Å². The molecule has 0 spiro atoms. The van der Waals surface area contributed by atoms with Gasteiger partial charge in [-0.2, -0.15) is 0 Å². The number of carbonyl (C=O) groups excluding carboxylic acids is 3. The minimum Gasteiger partial charge on any atom is -0.469 e. The molecule has 0 aliphatic carbocycles. The van der Waals surface area contributed by atoms with Crippen LogP contribution in [0.2, 0.25) is 0 Å². The fourth-order valence-corrected chi connectivity index (χ4v) is 8.28. The maximum atomic E-state index is 13.8. The summed E-state index contributed by atoms with van der Waals surface area (Å²) in [7, 11) is 0. The zero-order valence-electron chi connectivity index (χ0n) is 20.9. The van der Waals surface area contributed by atoms with Crippen molar-refractivity contribution in [1.82, 2.24) is 4.57 Å². The van der Waals surface area contributed by atoms with Gasteiger partial charge in [0, 0.05) is 11.1 Å². The average Bonchev–Trinajstić information content (AvgIpc) is 3.66. The fourth-order valence-electron chi connectivity index (χ4n) is 5.53. The van der Waals surface area contributed by atoms with Crippen LogP contribution in [0.5, 0.6) is 0 Å². The molecular weight excluding hydrogens is 546 g/mol. The fraction of sp³-hybridized carbons (Fsp3) is 0.133. The molecule has 1 N–H and O–H groups in total. The molecule has 10 heteroatoms. The van der Waals surface area contributed by atoms with Crippen molar-refractivity contribution in [2.24, 2.45) is 5.92 Å². The van der Waals surface area contributed by atoms with E-state index >= 15 is 0 Å². The lowest BCUT2D eigenvalue weighted by molar-refractivity contribution is -0.122. The SMILES string of the molecule is O=C(Cn1c2c(sc1=O)[C@@H](c1ccco1)[C@@H]1C(=O)N(c3ccccc3)C(=O)[C@@H]1S2)Nc1cccc2ccccc12. The van der Waals surface area contributed by atoms with Crippen molar-refractivity contribution in [3.63, 3.8) is 0 Å². The average molecular weight is 568 g/mol. The molecule has 0 unspecified atom stereocenters. The highest BCUT2D eigenvalue weighted by atomic mass is 32.2. The highest BCUT2D eigenvalue weighted by Gasteiger charge is 2.57. The van der Waals surface area contributed by atoms with E-state index in [-0.39, 0.29) is 29.1 Å². The predicted octanol–water partition coefficient (Wildman–Crippen LogP) is 5.09. The van der Waals surface area contributed by atoms with Crippen LogP contribution in [-0.4, -0.2) is 27.5 Å². The van der Waals surface area contributed by atoms with Crippen LogP contribution in [0.3, 0.4) is 0 Å². The van der Waals surface area contributed by atoms with Gasteiger partial charge in [0.2, 0.25) is 17.7 Å². The molecule has 2 aliphatic heterocycles. The molecule has 3 amide bonds. The van der Waals surface area contributed by atoms with Crippen molar-refractivity contribution >= 4 is 63.0 Å². The van der Waals surface area contributed by atoms with Gasteiger partial charge in [0.15, 0.2) is 0 Å². The number of thiazole rings is 1. The van der Waals surface area contributed by atoms with Crippen molar-refractivity contribution < 1.29 is 18.8 Å². The molecule has 0 bridgehead atoms. The van der Waals surface area contributed by atoms with E-state index in [9.17, 15) is 19.2 Å². The third-order valence-electron chi connectivity index (χ3n) is 7.28. The number of fused-ring (bicyclic) bond motifs is 3. The van der Waals surface area contributed by atoms with E-state index in [2.05, 4.69) is 5.32 Å². The Morgan fingerprint density at radius 1 is 0.875 bits per heavy atom. The molecule has 3 atom stereocenters. The van der Waals surface area contributed by atoms with Gasteiger partial charge in [0.1, 0.15) is 17.6 Å². The van der Waals surface area contributed by atoms with E-state index in [1.54, 1.807) is 36.4 Å². The van der Waals surface area contributed by atoms with Crippen LogP contribution in [0.4, 0.5) is 11.4 Å². The van der Waals surface area contributed by atoms with Gasteiger partial charge >= 0.3 is 4.87 Å².